The first-order valence-corrected chi connectivity index (χ1v) is 8.12. The van der Waals surface area contributed by atoms with Gasteiger partial charge in [0.1, 0.15) is 0 Å². The van der Waals surface area contributed by atoms with Crippen molar-refractivity contribution in [3.05, 3.63) is 88.9 Å². The van der Waals surface area contributed by atoms with Crippen molar-refractivity contribution >= 4 is 17.1 Å². The predicted molar refractivity (Wildman–Crippen MR) is 93.8 cm³/mol. The zero-order valence-electron chi connectivity index (χ0n) is 12.7. The lowest BCUT2D eigenvalue weighted by molar-refractivity contribution is 0.104. The van der Waals surface area contributed by atoms with E-state index in [-0.39, 0.29) is 5.78 Å². The summed E-state index contributed by atoms with van der Waals surface area (Å²) < 4.78 is 0. The maximum absolute atomic E-state index is 12.3. The van der Waals surface area contributed by atoms with Gasteiger partial charge in [-0.3, -0.25) is 4.79 Å². The molecule has 0 aliphatic rings. The lowest BCUT2D eigenvalue weighted by atomic mass is 10.1. The number of aromatic amines is 1. The molecule has 0 aliphatic carbocycles. The van der Waals surface area contributed by atoms with Crippen molar-refractivity contribution in [1.82, 2.24) is 20.6 Å². The van der Waals surface area contributed by atoms with Crippen molar-refractivity contribution in [2.75, 3.05) is 0 Å². The summed E-state index contributed by atoms with van der Waals surface area (Å²) in [6, 6.07) is 21.5. The zero-order valence-corrected chi connectivity index (χ0v) is 13.5. The number of rotatable bonds is 3. The van der Waals surface area contributed by atoms with Crippen LogP contribution in [0.4, 0.5) is 0 Å². The van der Waals surface area contributed by atoms with Crippen LogP contribution in [0, 0.1) is 0 Å². The number of hydrogen-bond acceptors (Lipinski definition) is 5. The predicted octanol–water partition coefficient (Wildman–Crippen LogP) is 3.85. The van der Waals surface area contributed by atoms with E-state index in [0.717, 1.165) is 21.6 Å². The molecule has 5 nitrogen and oxygen atoms in total. The van der Waals surface area contributed by atoms with Crippen molar-refractivity contribution in [2.45, 2.75) is 0 Å². The van der Waals surface area contributed by atoms with Gasteiger partial charge in [-0.15, -0.1) is 21.5 Å². The normalized spacial score (nSPS) is 9.83. The number of benzene rings is 2. The number of tetrazole rings is 1. The van der Waals surface area contributed by atoms with Crippen LogP contribution in [0.15, 0.2) is 78.4 Å². The highest BCUT2D eigenvalue weighted by Crippen LogP contribution is 2.26. The van der Waals surface area contributed by atoms with Crippen LogP contribution in [-0.2, 0) is 0 Å². The van der Waals surface area contributed by atoms with E-state index in [4.69, 9.17) is 0 Å². The van der Waals surface area contributed by atoms with Gasteiger partial charge in [-0.1, -0.05) is 65.9 Å². The third-order valence-electron chi connectivity index (χ3n) is 3.24. The molecule has 4 rings (SSSR count). The highest BCUT2D eigenvalue weighted by molar-refractivity contribution is 7.12. The van der Waals surface area contributed by atoms with Gasteiger partial charge in [-0.05, 0) is 22.6 Å². The second-order valence-electron chi connectivity index (χ2n) is 4.82. The Balaban J connectivity index is 0.000000290. The molecule has 0 spiro atoms. The van der Waals surface area contributed by atoms with Crippen LogP contribution in [0.25, 0.3) is 11.1 Å². The zero-order chi connectivity index (χ0) is 16.6. The average molecular weight is 334 g/mol. The van der Waals surface area contributed by atoms with E-state index in [1.54, 1.807) is 0 Å². The molecule has 0 saturated carbocycles. The molecular formula is C18H14N4OS. The van der Waals surface area contributed by atoms with Crippen molar-refractivity contribution in [2.24, 2.45) is 0 Å². The minimum Gasteiger partial charge on any atom is -0.288 e. The van der Waals surface area contributed by atoms with Crippen molar-refractivity contribution in [1.29, 1.82) is 0 Å². The Hall–Kier alpha value is -3.12. The van der Waals surface area contributed by atoms with E-state index in [1.165, 1.54) is 17.7 Å². The third kappa shape index (κ3) is 3.99. The minimum absolute atomic E-state index is 0.0905. The van der Waals surface area contributed by atoms with Crippen LogP contribution in [-0.4, -0.2) is 26.4 Å². The van der Waals surface area contributed by atoms with Crippen LogP contribution in [0.3, 0.4) is 0 Å². The molecule has 0 unspecified atom stereocenters. The number of carbonyl (C=O) groups excluding carboxylic acids is 1. The fourth-order valence-corrected chi connectivity index (χ4v) is 2.98. The van der Waals surface area contributed by atoms with Gasteiger partial charge in [-0.2, -0.15) is 5.21 Å². The number of ketones is 1. The maximum atomic E-state index is 12.3. The average Bonchev–Trinajstić information content (AvgIpc) is 3.37. The number of nitrogens with zero attached hydrogens (tertiary/aromatic N) is 3. The van der Waals surface area contributed by atoms with Gasteiger partial charge < -0.3 is 0 Å². The number of aromatic nitrogens is 4. The minimum atomic E-state index is 0.0905. The van der Waals surface area contributed by atoms with E-state index in [1.807, 2.05) is 60.0 Å². The molecule has 2 aromatic carbocycles. The first kappa shape index (κ1) is 15.8. The molecule has 2 aromatic heterocycles. The second kappa shape index (κ2) is 7.94. The van der Waals surface area contributed by atoms with Gasteiger partial charge in [0.05, 0.1) is 4.88 Å². The highest BCUT2D eigenvalue weighted by atomic mass is 32.1. The molecular weight excluding hydrogens is 320 g/mol. The lowest BCUT2D eigenvalue weighted by Gasteiger charge is -1.97. The molecule has 0 atom stereocenters. The fraction of sp³-hybridized carbons (Fsp3) is 0. The monoisotopic (exact) mass is 334 g/mol. The molecule has 0 saturated heterocycles. The Morgan fingerprint density at radius 2 is 1.62 bits per heavy atom. The molecule has 1 N–H and O–H groups in total. The molecule has 0 radical (unpaired) electrons. The van der Waals surface area contributed by atoms with E-state index in [0.29, 0.717) is 0 Å². The smallest absolute Gasteiger partial charge is 0.202 e. The lowest BCUT2D eigenvalue weighted by Crippen LogP contribution is -1.97. The van der Waals surface area contributed by atoms with E-state index >= 15 is 0 Å². The summed E-state index contributed by atoms with van der Waals surface area (Å²) >= 11 is 1.50. The van der Waals surface area contributed by atoms with Crippen molar-refractivity contribution in [3.8, 4) is 11.1 Å². The van der Waals surface area contributed by atoms with Gasteiger partial charge in [0, 0.05) is 5.56 Å². The highest BCUT2D eigenvalue weighted by Gasteiger charge is 2.11. The Bertz CT molecular complexity index is 857. The molecule has 118 valence electrons. The van der Waals surface area contributed by atoms with Crippen molar-refractivity contribution < 1.29 is 4.79 Å². The van der Waals surface area contributed by atoms with E-state index in [9.17, 15) is 4.79 Å². The SMILES string of the molecule is O=C(c1ccccc1)c1cc(-c2ccccc2)cs1.c1nn[nH]n1. The standard InChI is InChI=1S/C17H12OS.CH2N4/c18-17(14-9-5-2-6-10-14)16-11-15(12-19-16)13-7-3-1-4-8-13;1-2-4-5-3-1/h1-12H;1H,(H,2,3,4,5). The quantitative estimate of drug-likeness (QED) is 0.578. The summed E-state index contributed by atoms with van der Waals surface area (Å²) in [4.78, 5) is 13.1. The summed E-state index contributed by atoms with van der Waals surface area (Å²) in [5.41, 5.74) is 2.99. The number of H-pyrrole nitrogens is 1. The first-order valence-electron chi connectivity index (χ1n) is 7.24. The largest absolute Gasteiger partial charge is 0.288 e. The number of thiophene rings is 1. The number of nitrogens with one attached hydrogen (secondary N) is 1. The summed E-state index contributed by atoms with van der Waals surface area (Å²) in [5.74, 6) is 0.0905. The summed E-state index contributed by atoms with van der Waals surface area (Å²) in [6.07, 6.45) is 1.33. The molecule has 24 heavy (non-hydrogen) atoms. The molecule has 0 aliphatic heterocycles. The molecule has 4 aromatic rings. The molecule has 0 bridgehead atoms. The van der Waals surface area contributed by atoms with Crippen LogP contribution in [0.2, 0.25) is 0 Å². The van der Waals surface area contributed by atoms with Gasteiger partial charge in [0.25, 0.3) is 0 Å². The first-order chi connectivity index (χ1) is 11.8. The molecule has 2 heterocycles. The van der Waals surface area contributed by atoms with Crippen LogP contribution in [0.5, 0.6) is 0 Å². The number of hydrogen-bond donors (Lipinski definition) is 1. The Morgan fingerprint density at radius 3 is 2.21 bits per heavy atom. The van der Waals surface area contributed by atoms with Crippen LogP contribution < -0.4 is 0 Å². The van der Waals surface area contributed by atoms with E-state index in [2.05, 4.69) is 32.8 Å². The fourth-order valence-electron chi connectivity index (χ4n) is 2.10. The number of carbonyl (C=O) groups is 1. The van der Waals surface area contributed by atoms with Gasteiger partial charge in [0.15, 0.2) is 6.33 Å². The topological polar surface area (TPSA) is 71.5 Å². The second-order valence-corrected chi connectivity index (χ2v) is 5.73. The van der Waals surface area contributed by atoms with Gasteiger partial charge in [0.2, 0.25) is 5.78 Å². The molecule has 6 heteroatoms. The Morgan fingerprint density at radius 1 is 0.917 bits per heavy atom. The summed E-state index contributed by atoms with van der Waals surface area (Å²) in [6.45, 7) is 0. The van der Waals surface area contributed by atoms with Gasteiger partial charge in [-0.25, -0.2) is 0 Å². The third-order valence-corrected chi connectivity index (χ3v) is 4.16. The van der Waals surface area contributed by atoms with Crippen molar-refractivity contribution in [3.63, 3.8) is 0 Å². The summed E-state index contributed by atoms with van der Waals surface area (Å²) in [7, 11) is 0. The van der Waals surface area contributed by atoms with E-state index < -0.39 is 0 Å². The van der Waals surface area contributed by atoms with Crippen LogP contribution in [0.1, 0.15) is 15.2 Å². The Labute approximate surface area is 143 Å². The Kier molecular flexibility index (Phi) is 5.21. The van der Waals surface area contributed by atoms with Crippen LogP contribution >= 0.6 is 11.3 Å². The summed E-state index contributed by atoms with van der Waals surface area (Å²) in [5, 5.41) is 14.2. The molecule has 0 amide bonds. The van der Waals surface area contributed by atoms with Gasteiger partial charge >= 0.3 is 0 Å². The maximum Gasteiger partial charge on any atom is 0.202 e. The molecule has 0 fully saturated rings.